The normalized spacial score (nSPS) is 24.6. The highest BCUT2D eigenvalue weighted by atomic mass is 19.1. The summed E-state index contributed by atoms with van der Waals surface area (Å²) >= 11 is 0. The van der Waals surface area contributed by atoms with Gasteiger partial charge in [-0.1, -0.05) is 12.1 Å². The first-order chi connectivity index (χ1) is 8.79. The van der Waals surface area contributed by atoms with Crippen LogP contribution in [0, 0.1) is 5.82 Å². The van der Waals surface area contributed by atoms with Crippen LogP contribution in [0.5, 0.6) is 0 Å². The van der Waals surface area contributed by atoms with Gasteiger partial charge in [-0.25, -0.2) is 4.39 Å². The zero-order valence-corrected chi connectivity index (χ0v) is 10.7. The fraction of sp³-hybridized carbons (Fsp3) is 0.600. The fourth-order valence-electron chi connectivity index (χ4n) is 2.73. The molecule has 1 aromatic rings. The number of nitrogens with one attached hydrogen (secondary N) is 1. The van der Waals surface area contributed by atoms with Gasteiger partial charge in [0.05, 0.1) is 0 Å². The largest absolute Gasteiger partial charge is 0.310 e. The molecule has 1 atom stereocenters. The Morgan fingerprint density at radius 3 is 2.89 bits per heavy atom. The van der Waals surface area contributed by atoms with Gasteiger partial charge in [0.25, 0.3) is 0 Å². The fourth-order valence-corrected chi connectivity index (χ4v) is 2.73. The average Bonchev–Trinajstić information content (AvgIpc) is 3.05. The van der Waals surface area contributed by atoms with Gasteiger partial charge in [0, 0.05) is 25.2 Å². The number of benzene rings is 1. The molecule has 0 amide bonds. The molecule has 0 bridgehead atoms. The molecule has 18 heavy (non-hydrogen) atoms. The molecule has 1 saturated heterocycles. The minimum absolute atomic E-state index is 0.123. The summed E-state index contributed by atoms with van der Waals surface area (Å²) in [5.74, 6) is -0.123. The van der Waals surface area contributed by atoms with E-state index >= 15 is 0 Å². The zero-order valence-electron chi connectivity index (χ0n) is 10.7. The lowest BCUT2D eigenvalue weighted by Crippen LogP contribution is -2.34. The third-order valence-electron chi connectivity index (χ3n) is 3.93. The lowest BCUT2D eigenvalue weighted by atomic mass is 10.1. The first kappa shape index (κ1) is 12.1. The van der Waals surface area contributed by atoms with E-state index in [4.69, 9.17) is 0 Å². The predicted octanol–water partition coefficient (Wildman–Crippen LogP) is 2.19. The second-order valence-corrected chi connectivity index (χ2v) is 5.61. The van der Waals surface area contributed by atoms with Gasteiger partial charge < -0.3 is 10.2 Å². The van der Waals surface area contributed by atoms with Gasteiger partial charge in [0.15, 0.2) is 0 Å². The summed E-state index contributed by atoms with van der Waals surface area (Å²) in [7, 11) is 0. The second kappa shape index (κ2) is 5.37. The number of rotatable bonds is 5. The molecule has 2 nitrogen and oxygen atoms in total. The van der Waals surface area contributed by atoms with Crippen molar-refractivity contribution in [1.82, 2.24) is 10.2 Å². The SMILES string of the molecule is Fc1cccc(CCN2CCC(NC3CC3)C2)c1. The van der Waals surface area contributed by atoms with Crippen LogP contribution >= 0.6 is 0 Å². The molecular weight excluding hydrogens is 227 g/mol. The van der Waals surface area contributed by atoms with Gasteiger partial charge in [-0.05, 0) is 49.9 Å². The van der Waals surface area contributed by atoms with Gasteiger partial charge in [0.1, 0.15) is 5.82 Å². The van der Waals surface area contributed by atoms with E-state index in [1.165, 1.54) is 31.9 Å². The van der Waals surface area contributed by atoms with Crippen molar-refractivity contribution < 1.29 is 4.39 Å². The number of nitrogens with zero attached hydrogens (tertiary/aromatic N) is 1. The van der Waals surface area contributed by atoms with Crippen LogP contribution in [-0.4, -0.2) is 36.6 Å². The van der Waals surface area contributed by atoms with Crippen molar-refractivity contribution >= 4 is 0 Å². The number of halogens is 1. The number of hydrogen-bond acceptors (Lipinski definition) is 2. The van der Waals surface area contributed by atoms with E-state index in [1.54, 1.807) is 12.1 Å². The van der Waals surface area contributed by atoms with E-state index in [0.717, 1.165) is 31.1 Å². The van der Waals surface area contributed by atoms with Crippen molar-refractivity contribution in [1.29, 1.82) is 0 Å². The third-order valence-corrected chi connectivity index (χ3v) is 3.93. The van der Waals surface area contributed by atoms with Crippen molar-refractivity contribution in [3.8, 4) is 0 Å². The topological polar surface area (TPSA) is 15.3 Å². The van der Waals surface area contributed by atoms with E-state index in [9.17, 15) is 4.39 Å². The highest BCUT2D eigenvalue weighted by Crippen LogP contribution is 2.22. The quantitative estimate of drug-likeness (QED) is 0.859. The van der Waals surface area contributed by atoms with Crippen molar-refractivity contribution in [3.63, 3.8) is 0 Å². The molecule has 1 aromatic carbocycles. The van der Waals surface area contributed by atoms with E-state index in [-0.39, 0.29) is 5.82 Å². The Bertz CT molecular complexity index is 403. The van der Waals surface area contributed by atoms with Gasteiger partial charge in [0.2, 0.25) is 0 Å². The van der Waals surface area contributed by atoms with E-state index in [0.29, 0.717) is 6.04 Å². The maximum Gasteiger partial charge on any atom is 0.123 e. The predicted molar refractivity (Wildman–Crippen MR) is 71.1 cm³/mol. The summed E-state index contributed by atoms with van der Waals surface area (Å²) in [4.78, 5) is 2.49. The van der Waals surface area contributed by atoms with Crippen molar-refractivity contribution in [2.75, 3.05) is 19.6 Å². The summed E-state index contributed by atoms with van der Waals surface area (Å²) < 4.78 is 13.1. The Kier molecular flexibility index (Phi) is 3.62. The van der Waals surface area contributed by atoms with Crippen LogP contribution in [0.15, 0.2) is 24.3 Å². The molecule has 0 spiro atoms. The molecular formula is C15H21FN2. The van der Waals surface area contributed by atoms with Crippen LogP contribution < -0.4 is 5.32 Å². The first-order valence-corrected chi connectivity index (χ1v) is 7.02. The number of hydrogen-bond donors (Lipinski definition) is 1. The van der Waals surface area contributed by atoms with Crippen LogP contribution in [0.2, 0.25) is 0 Å². The molecule has 1 heterocycles. The Morgan fingerprint density at radius 2 is 2.11 bits per heavy atom. The molecule has 2 aliphatic rings. The summed E-state index contributed by atoms with van der Waals surface area (Å²) in [5, 5.41) is 3.69. The molecule has 98 valence electrons. The minimum atomic E-state index is -0.123. The molecule has 1 unspecified atom stereocenters. The molecule has 3 rings (SSSR count). The van der Waals surface area contributed by atoms with Crippen molar-refractivity contribution in [3.05, 3.63) is 35.6 Å². The van der Waals surface area contributed by atoms with Crippen molar-refractivity contribution in [2.45, 2.75) is 37.8 Å². The average molecular weight is 248 g/mol. The summed E-state index contributed by atoms with van der Waals surface area (Å²) in [6, 6.07) is 8.46. The molecule has 0 radical (unpaired) electrons. The van der Waals surface area contributed by atoms with Crippen LogP contribution in [0.4, 0.5) is 4.39 Å². The standard InChI is InChI=1S/C15H21FN2/c16-13-3-1-2-12(10-13)6-8-18-9-7-15(11-18)17-14-4-5-14/h1-3,10,14-15,17H,4-9,11H2. The van der Waals surface area contributed by atoms with E-state index < -0.39 is 0 Å². The maximum atomic E-state index is 13.1. The highest BCUT2D eigenvalue weighted by Gasteiger charge is 2.28. The molecule has 1 aliphatic carbocycles. The summed E-state index contributed by atoms with van der Waals surface area (Å²) in [6.07, 6.45) is 4.94. The Labute approximate surface area is 108 Å². The smallest absolute Gasteiger partial charge is 0.123 e. The van der Waals surface area contributed by atoms with Crippen LogP contribution in [0.3, 0.4) is 0 Å². The lowest BCUT2D eigenvalue weighted by Gasteiger charge is -2.16. The number of likely N-dealkylation sites (tertiary alicyclic amines) is 1. The zero-order chi connectivity index (χ0) is 12.4. The van der Waals surface area contributed by atoms with E-state index in [1.807, 2.05) is 6.07 Å². The highest BCUT2D eigenvalue weighted by molar-refractivity contribution is 5.16. The first-order valence-electron chi connectivity index (χ1n) is 7.02. The minimum Gasteiger partial charge on any atom is -0.310 e. The molecule has 1 N–H and O–H groups in total. The molecule has 1 aliphatic heterocycles. The molecule has 1 saturated carbocycles. The van der Waals surface area contributed by atoms with Crippen molar-refractivity contribution in [2.24, 2.45) is 0 Å². The van der Waals surface area contributed by atoms with Crippen LogP contribution in [0.25, 0.3) is 0 Å². The van der Waals surface area contributed by atoms with Gasteiger partial charge >= 0.3 is 0 Å². The summed E-state index contributed by atoms with van der Waals surface area (Å²) in [5.41, 5.74) is 1.11. The Morgan fingerprint density at radius 1 is 1.22 bits per heavy atom. The molecule has 0 aromatic heterocycles. The van der Waals surface area contributed by atoms with E-state index in [2.05, 4.69) is 10.2 Å². The Balaban J connectivity index is 1.43. The lowest BCUT2D eigenvalue weighted by molar-refractivity contribution is 0.331. The Hall–Kier alpha value is -0.930. The van der Waals surface area contributed by atoms with Gasteiger partial charge in [-0.2, -0.15) is 0 Å². The van der Waals surface area contributed by atoms with Gasteiger partial charge in [-0.15, -0.1) is 0 Å². The monoisotopic (exact) mass is 248 g/mol. The maximum absolute atomic E-state index is 13.1. The second-order valence-electron chi connectivity index (χ2n) is 5.61. The van der Waals surface area contributed by atoms with Crippen LogP contribution in [-0.2, 0) is 6.42 Å². The molecule has 2 fully saturated rings. The third kappa shape index (κ3) is 3.30. The van der Waals surface area contributed by atoms with Crippen LogP contribution in [0.1, 0.15) is 24.8 Å². The molecule has 3 heteroatoms. The van der Waals surface area contributed by atoms with Gasteiger partial charge in [-0.3, -0.25) is 0 Å². The summed E-state index contributed by atoms with van der Waals surface area (Å²) in [6.45, 7) is 3.39.